The summed E-state index contributed by atoms with van der Waals surface area (Å²) in [5.41, 5.74) is 6.73. The Labute approximate surface area is 123 Å². The first kappa shape index (κ1) is 14.8. The molecule has 0 aliphatic carbocycles. The van der Waals surface area contributed by atoms with Gasteiger partial charge < -0.3 is 15.2 Å². The van der Waals surface area contributed by atoms with Gasteiger partial charge in [-0.05, 0) is 39.0 Å². The molecule has 1 aromatic heterocycles. The lowest BCUT2D eigenvalue weighted by Crippen LogP contribution is -2.27. The van der Waals surface area contributed by atoms with Gasteiger partial charge in [-0.1, -0.05) is 0 Å². The van der Waals surface area contributed by atoms with Gasteiger partial charge in [-0.15, -0.1) is 11.3 Å². The van der Waals surface area contributed by atoms with Crippen LogP contribution in [0, 0.1) is 0 Å². The van der Waals surface area contributed by atoms with Gasteiger partial charge in [0.25, 0.3) is 0 Å². The first-order valence-electron chi connectivity index (χ1n) is 6.52. The van der Waals surface area contributed by atoms with E-state index < -0.39 is 0 Å². The SMILES string of the molecule is CCOc1ccc(-c2ncc(C(C)(C)N)s2)cc1OC. The zero-order valence-corrected chi connectivity index (χ0v) is 13.1. The van der Waals surface area contributed by atoms with Crippen molar-refractivity contribution in [2.45, 2.75) is 26.3 Å². The van der Waals surface area contributed by atoms with E-state index in [2.05, 4.69) is 4.98 Å². The third-order valence-corrected chi connectivity index (χ3v) is 4.24. The lowest BCUT2D eigenvalue weighted by atomic mass is 10.1. The monoisotopic (exact) mass is 292 g/mol. The Hall–Kier alpha value is -1.59. The summed E-state index contributed by atoms with van der Waals surface area (Å²) in [6.07, 6.45) is 1.84. The fraction of sp³-hybridized carbons (Fsp3) is 0.400. The molecule has 0 radical (unpaired) electrons. The zero-order valence-electron chi connectivity index (χ0n) is 12.3. The van der Waals surface area contributed by atoms with E-state index in [1.807, 2.05) is 45.2 Å². The van der Waals surface area contributed by atoms with Crippen LogP contribution in [0.4, 0.5) is 0 Å². The topological polar surface area (TPSA) is 57.4 Å². The molecule has 4 nitrogen and oxygen atoms in total. The zero-order chi connectivity index (χ0) is 14.8. The average molecular weight is 292 g/mol. The van der Waals surface area contributed by atoms with Gasteiger partial charge in [0, 0.05) is 22.2 Å². The molecule has 0 aliphatic heterocycles. The fourth-order valence-corrected chi connectivity index (χ4v) is 2.71. The average Bonchev–Trinajstić information content (AvgIpc) is 2.89. The Morgan fingerprint density at radius 3 is 2.60 bits per heavy atom. The second kappa shape index (κ2) is 5.81. The van der Waals surface area contributed by atoms with Crippen molar-refractivity contribution in [2.75, 3.05) is 13.7 Å². The number of nitrogens with zero attached hydrogens (tertiary/aromatic N) is 1. The summed E-state index contributed by atoms with van der Waals surface area (Å²) in [7, 11) is 1.64. The molecular weight excluding hydrogens is 272 g/mol. The van der Waals surface area contributed by atoms with Crippen molar-refractivity contribution in [1.29, 1.82) is 0 Å². The first-order valence-corrected chi connectivity index (χ1v) is 7.33. The van der Waals surface area contributed by atoms with E-state index in [1.165, 1.54) is 0 Å². The number of hydrogen-bond donors (Lipinski definition) is 1. The molecule has 0 atom stereocenters. The van der Waals surface area contributed by atoms with Crippen LogP contribution < -0.4 is 15.2 Å². The van der Waals surface area contributed by atoms with E-state index in [-0.39, 0.29) is 5.54 Å². The van der Waals surface area contributed by atoms with Crippen molar-refractivity contribution in [3.63, 3.8) is 0 Å². The molecule has 2 N–H and O–H groups in total. The molecule has 0 aliphatic rings. The van der Waals surface area contributed by atoms with Crippen LogP contribution in [0.3, 0.4) is 0 Å². The maximum atomic E-state index is 6.09. The predicted octanol–water partition coefficient (Wildman–Crippen LogP) is 3.41. The molecule has 0 saturated heterocycles. The number of ether oxygens (including phenoxy) is 2. The second-order valence-electron chi connectivity index (χ2n) is 5.05. The normalized spacial score (nSPS) is 11.4. The van der Waals surface area contributed by atoms with E-state index in [0.717, 1.165) is 21.2 Å². The van der Waals surface area contributed by atoms with Crippen LogP contribution in [0.5, 0.6) is 11.5 Å². The minimum Gasteiger partial charge on any atom is -0.493 e. The largest absolute Gasteiger partial charge is 0.493 e. The Morgan fingerprint density at radius 1 is 1.30 bits per heavy atom. The third-order valence-electron chi connectivity index (χ3n) is 2.85. The smallest absolute Gasteiger partial charge is 0.161 e. The molecule has 5 heteroatoms. The molecule has 0 saturated carbocycles. The fourth-order valence-electron chi connectivity index (χ4n) is 1.78. The number of rotatable bonds is 5. The van der Waals surface area contributed by atoms with Gasteiger partial charge in [0.1, 0.15) is 5.01 Å². The number of thiazole rings is 1. The highest BCUT2D eigenvalue weighted by Crippen LogP contribution is 2.35. The maximum Gasteiger partial charge on any atom is 0.161 e. The second-order valence-corrected chi connectivity index (χ2v) is 6.08. The molecule has 0 fully saturated rings. The van der Waals surface area contributed by atoms with Gasteiger partial charge in [0.15, 0.2) is 11.5 Å². The summed E-state index contributed by atoms with van der Waals surface area (Å²) in [4.78, 5) is 5.50. The lowest BCUT2D eigenvalue weighted by molar-refractivity contribution is 0.311. The van der Waals surface area contributed by atoms with E-state index in [1.54, 1.807) is 18.4 Å². The minimum absolute atomic E-state index is 0.370. The molecule has 0 bridgehead atoms. The van der Waals surface area contributed by atoms with Crippen LogP contribution in [0.1, 0.15) is 25.6 Å². The number of methoxy groups -OCH3 is 1. The number of aromatic nitrogens is 1. The highest BCUT2D eigenvalue weighted by Gasteiger charge is 2.18. The molecule has 1 aromatic carbocycles. The molecule has 0 amide bonds. The van der Waals surface area contributed by atoms with Crippen molar-refractivity contribution >= 4 is 11.3 Å². The van der Waals surface area contributed by atoms with Gasteiger partial charge in [-0.3, -0.25) is 0 Å². The van der Waals surface area contributed by atoms with E-state index in [0.29, 0.717) is 12.4 Å². The van der Waals surface area contributed by atoms with Crippen molar-refractivity contribution in [1.82, 2.24) is 4.98 Å². The summed E-state index contributed by atoms with van der Waals surface area (Å²) in [5.74, 6) is 1.46. The Bertz CT molecular complexity index is 588. The molecule has 2 aromatic rings. The summed E-state index contributed by atoms with van der Waals surface area (Å²) >= 11 is 1.60. The van der Waals surface area contributed by atoms with Gasteiger partial charge >= 0.3 is 0 Å². The summed E-state index contributed by atoms with van der Waals surface area (Å²) in [5, 5.41) is 0.930. The van der Waals surface area contributed by atoms with E-state index >= 15 is 0 Å². The highest BCUT2D eigenvalue weighted by molar-refractivity contribution is 7.15. The van der Waals surface area contributed by atoms with Gasteiger partial charge in [-0.2, -0.15) is 0 Å². The quantitative estimate of drug-likeness (QED) is 0.917. The summed E-state index contributed by atoms with van der Waals surface area (Å²) in [6, 6.07) is 5.84. The van der Waals surface area contributed by atoms with E-state index in [9.17, 15) is 0 Å². The number of benzene rings is 1. The Morgan fingerprint density at radius 2 is 2.05 bits per heavy atom. The number of nitrogens with two attached hydrogens (primary N) is 1. The predicted molar refractivity (Wildman–Crippen MR) is 82.5 cm³/mol. The van der Waals surface area contributed by atoms with Crippen molar-refractivity contribution in [3.8, 4) is 22.1 Å². The van der Waals surface area contributed by atoms with Crippen molar-refractivity contribution in [3.05, 3.63) is 29.3 Å². The molecular formula is C15H20N2O2S. The minimum atomic E-state index is -0.370. The van der Waals surface area contributed by atoms with Crippen LogP contribution in [-0.4, -0.2) is 18.7 Å². The van der Waals surface area contributed by atoms with E-state index in [4.69, 9.17) is 15.2 Å². The van der Waals surface area contributed by atoms with Crippen molar-refractivity contribution < 1.29 is 9.47 Å². The first-order chi connectivity index (χ1) is 9.45. The van der Waals surface area contributed by atoms with Crippen LogP contribution in [0.2, 0.25) is 0 Å². The van der Waals surface area contributed by atoms with Crippen LogP contribution in [-0.2, 0) is 5.54 Å². The van der Waals surface area contributed by atoms with Gasteiger partial charge in [-0.25, -0.2) is 4.98 Å². The molecule has 108 valence electrons. The molecule has 0 unspecified atom stereocenters. The summed E-state index contributed by atoms with van der Waals surface area (Å²) < 4.78 is 10.9. The number of hydrogen-bond acceptors (Lipinski definition) is 5. The van der Waals surface area contributed by atoms with Crippen LogP contribution >= 0.6 is 11.3 Å². The highest BCUT2D eigenvalue weighted by atomic mass is 32.1. The molecule has 0 spiro atoms. The standard InChI is InChI=1S/C15H20N2O2S/c1-5-19-11-7-6-10(8-12(11)18-4)14-17-9-13(20-14)15(2,3)16/h6-9H,5,16H2,1-4H3. The maximum absolute atomic E-state index is 6.09. The lowest BCUT2D eigenvalue weighted by Gasteiger charge is -2.14. The van der Waals surface area contributed by atoms with Gasteiger partial charge in [0.2, 0.25) is 0 Å². The Balaban J connectivity index is 2.36. The molecule has 1 heterocycles. The third kappa shape index (κ3) is 3.11. The van der Waals surface area contributed by atoms with Crippen LogP contribution in [0.25, 0.3) is 10.6 Å². The molecule has 2 rings (SSSR count). The van der Waals surface area contributed by atoms with Gasteiger partial charge in [0.05, 0.1) is 13.7 Å². The van der Waals surface area contributed by atoms with Crippen molar-refractivity contribution in [2.24, 2.45) is 5.73 Å². The van der Waals surface area contributed by atoms with Crippen LogP contribution in [0.15, 0.2) is 24.4 Å². The Kier molecular flexibility index (Phi) is 4.30. The summed E-state index contributed by atoms with van der Waals surface area (Å²) in [6.45, 7) is 6.51. The molecule has 20 heavy (non-hydrogen) atoms.